The standard InChI is InChI=1S/C15H22O2/c1-13(2,3)11-6-8-12(9-7-11)15(10-16)14(4,5)17-15/h6-9,16H,10H2,1-5H3. The van der Waals surface area contributed by atoms with Gasteiger partial charge in [-0.2, -0.15) is 0 Å². The van der Waals surface area contributed by atoms with Crippen LogP contribution in [0.15, 0.2) is 24.3 Å². The number of epoxide rings is 1. The number of benzene rings is 1. The summed E-state index contributed by atoms with van der Waals surface area (Å²) in [5, 5.41) is 9.55. The van der Waals surface area contributed by atoms with Gasteiger partial charge < -0.3 is 9.84 Å². The van der Waals surface area contributed by atoms with Gasteiger partial charge in [-0.05, 0) is 30.4 Å². The third-order valence-electron chi connectivity index (χ3n) is 3.80. The number of hydrogen-bond acceptors (Lipinski definition) is 2. The fourth-order valence-corrected chi connectivity index (χ4v) is 2.37. The van der Waals surface area contributed by atoms with Crippen LogP contribution >= 0.6 is 0 Å². The number of aliphatic hydroxyl groups excluding tert-OH is 1. The Balaban J connectivity index is 2.31. The molecule has 17 heavy (non-hydrogen) atoms. The van der Waals surface area contributed by atoms with Crippen molar-refractivity contribution in [3.05, 3.63) is 35.4 Å². The van der Waals surface area contributed by atoms with Crippen molar-refractivity contribution < 1.29 is 9.84 Å². The molecule has 0 aromatic heterocycles. The molecule has 2 nitrogen and oxygen atoms in total. The van der Waals surface area contributed by atoms with Gasteiger partial charge in [-0.15, -0.1) is 0 Å². The van der Waals surface area contributed by atoms with E-state index in [9.17, 15) is 5.11 Å². The molecule has 0 amide bonds. The Morgan fingerprint density at radius 2 is 1.59 bits per heavy atom. The normalized spacial score (nSPS) is 26.9. The molecule has 0 radical (unpaired) electrons. The van der Waals surface area contributed by atoms with Gasteiger partial charge in [0.1, 0.15) is 5.60 Å². The number of ether oxygens (including phenoxy) is 1. The van der Waals surface area contributed by atoms with E-state index in [-0.39, 0.29) is 17.6 Å². The summed E-state index contributed by atoms with van der Waals surface area (Å²) in [4.78, 5) is 0. The second kappa shape index (κ2) is 3.56. The number of aliphatic hydroxyl groups is 1. The third kappa shape index (κ3) is 1.90. The topological polar surface area (TPSA) is 32.8 Å². The van der Waals surface area contributed by atoms with E-state index in [1.165, 1.54) is 5.56 Å². The molecule has 2 heteroatoms. The van der Waals surface area contributed by atoms with Crippen molar-refractivity contribution >= 4 is 0 Å². The maximum absolute atomic E-state index is 9.55. The van der Waals surface area contributed by atoms with Gasteiger partial charge in [0.25, 0.3) is 0 Å². The lowest BCUT2D eigenvalue weighted by atomic mass is 9.83. The summed E-state index contributed by atoms with van der Waals surface area (Å²) < 4.78 is 5.70. The summed E-state index contributed by atoms with van der Waals surface area (Å²) >= 11 is 0. The highest BCUT2D eigenvalue weighted by Crippen LogP contribution is 2.55. The van der Waals surface area contributed by atoms with Gasteiger partial charge in [-0.1, -0.05) is 45.0 Å². The Labute approximate surface area is 104 Å². The van der Waals surface area contributed by atoms with E-state index in [0.29, 0.717) is 0 Å². The van der Waals surface area contributed by atoms with Crippen molar-refractivity contribution in [1.29, 1.82) is 0 Å². The molecule has 1 aliphatic rings. The zero-order valence-corrected chi connectivity index (χ0v) is 11.4. The molecule has 0 spiro atoms. The SMILES string of the molecule is CC(C)(C)c1ccc(C2(CO)OC2(C)C)cc1. The van der Waals surface area contributed by atoms with Crippen LogP contribution in [0, 0.1) is 0 Å². The van der Waals surface area contributed by atoms with Gasteiger partial charge >= 0.3 is 0 Å². The van der Waals surface area contributed by atoms with Crippen LogP contribution in [-0.4, -0.2) is 17.3 Å². The first-order valence-corrected chi connectivity index (χ1v) is 6.15. The average molecular weight is 234 g/mol. The highest BCUT2D eigenvalue weighted by atomic mass is 16.6. The van der Waals surface area contributed by atoms with Gasteiger partial charge in [0.05, 0.1) is 12.2 Å². The predicted molar refractivity (Wildman–Crippen MR) is 69.1 cm³/mol. The molecular formula is C15H22O2. The van der Waals surface area contributed by atoms with Crippen molar-refractivity contribution in [2.24, 2.45) is 0 Å². The summed E-state index contributed by atoms with van der Waals surface area (Å²) in [6.07, 6.45) is 0. The van der Waals surface area contributed by atoms with Gasteiger partial charge in [-0.25, -0.2) is 0 Å². The molecule has 1 atom stereocenters. The van der Waals surface area contributed by atoms with E-state index in [0.717, 1.165) is 5.56 Å². The molecule has 2 rings (SSSR count). The minimum absolute atomic E-state index is 0.0366. The van der Waals surface area contributed by atoms with E-state index in [1.807, 2.05) is 13.8 Å². The van der Waals surface area contributed by atoms with Gasteiger partial charge in [0, 0.05) is 0 Å². The largest absolute Gasteiger partial charge is 0.393 e. The monoisotopic (exact) mass is 234 g/mol. The maximum atomic E-state index is 9.55. The minimum atomic E-state index is -0.497. The van der Waals surface area contributed by atoms with E-state index in [2.05, 4.69) is 45.0 Å². The molecule has 0 aliphatic carbocycles. The first-order valence-electron chi connectivity index (χ1n) is 6.15. The van der Waals surface area contributed by atoms with E-state index in [4.69, 9.17) is 4.74 Å². The van der Waals surface area contributed by atoms with Crippen LogP contribution in [-0.2, 0) is 15.8 Å². The Kier molecular flexibility index (Phi) is 2.64. The lowest BCUT2D eigenvalue weighted by Gasteiger charge is -2.20. The molecule has 0 bridgehead atoms. The summed E-state index contributed by atoms with van der Waals surface area (Å²) in [7, 11) is 0. The van der Waals surface area contributed by atoms with Crippen LogP contribution in [0.5, 0.6) is 0 Å². The third-order valence-corrected chi connectivity index (χ3v) is 3.80. The lowest BCUT2D eigenvalue weighted by molar-refractivity contribution is 0.171. The minimum Gasteiger partial charge on any atom is -0.393 e. The second-order valence-corrected chi connectivity index (χ2v) is 6.42. The van der Waals surface area contributed by atoms with Crippen LogP contribution in [0.2, 0.25) is 0 Å². The van der Waals surface area contributed by atoms with Gasteiger partial charge in [-0.3, -0.25) is 0 Å². The molecule has 0 saturated carbocycles. The Morgan fingerprint density at radius 3 is 1.88 bits per heavy atom. The molecule has 1 unspecified atom stereocenters. The lowest BCUT2D eigenvalue weighted by Crippen LogP contribution is -2.23. The molecule has 1 fully saturated rings. The first kappa shape index (κ1) is 12.6. The van der Waals surface area contributed by atoms with Crippen molar-refractivity contribution in [3.63, 3.8) is 0 Å². The predicted octanol–water partition coefficient (Wildman–Crippen LogP) is 2.98. The molecule has 1 aromatic carbocycles. The summed E-state index contributed by atoms with van der Waals surface area (Å²) in [6, 6.07) is 8.41. The highest BCUT2D eigenvalue weighted by Gasteiger charge is 2.64. The quantitative estimate of drug-likeness (QED) is 0.798. The van der Waals surface area contributed by atoms with Gasteiger partial charge in [0.15, 0.2) is 0 Å². The number of hydrogen-bond donors (Lipinski definition) is 1. The molecule has 1 N–H and O–H groups in total. The van der Waals surface area contributed by atoms with E-state index in [1.54, 1.807) is 0 Å². The van der Waals surface area contributed by atoms with Crippen molar-refractivity contribution in [2.45, 2.75) is 51.2 Å². The van der Waals surface area contributed by atoms with Crippen LogP contribution in [0.1, 0.15) is 45.7 Å². The zero-order valence-electron chi connectivity index (χ0n) is 11.4. The summed E-state index contributed by atoms with van der Waals surface area (Å²) in [6.45, 7) is 10.7. The smallest absolute Gasteiger partial charge is 0.145 e. The Hall–Kier alpha value is -0.860. The van der Waals surface area contributed by atoms with Crippen molar-refractivity contribution in [1.82, 2.24) is 0 Å². The fraction of sp³-hybridized carbons (Fsp3) is 0.600. The highest BCUT2D eigenvalue weighted by molar-refractivity contribution is 5.36. The van der Waals surface area contributed by atoms with E-state index >= 15 is 0 Å². The fourth-order valence-electron chi connectivity index (χ4n) is 2.37. The average Bonchev–Trinajstić information content (AvgIpc) is 2.81. The molecule has 94 valence electrons. The van der Waals surface area contributed by atoms with Crippen molar-refractivity contribution in [2.75, 3.05) is 6.61 Å². The maximum Gasteiger partial charge on any atom is 0.145 e. The van der Waals surface area contributed by atoms with Crippen molar-refractivity contribution in [3.8, 4) is 0 Å². The molecule has 1 aromatic rings. The number of rotatable bonds is 2. The molecular weight excluding hydrogens is 212 g/mol. The van der Waals surface area contributed by atoms with Crippen LogP contribution in [0.3, 0.4) is 0 Å². The zero-order chi connectivity index (χ0) is 12.9. The van der Waals surface area contributed by atoms with Crippen LogP contribution in [0.25, 0.3) is 0 Å². The Morgan fingerprint density at radius 1 is 1.12 bits per heavy atom. The molecule has 1 saturated heterocycles. The summed E-state index contributed by atoms with van der Waals surface area (Å²) in [5.74, 6) is 0. The van der Waals surface area contributed by atoms with Crippen LogP contribution in [0.4, 0.5) is 0 Å². The Bertz CT molecular complexity index is 412. The van der Waals surface area contributed by atoms with Crippen LogP contribution < -0.4 is 0 Å². The first-order chi connectivity index (χ1) is 7.73. The van der Waals surface area contributed by atoms with E-state index < -0.39 is 5.60 Å². The second-order valence-electron chi connectivity index (χ2n) is 6.42. The van der Waals surface area contributed by atoms with Gasteiger partial charge in [0.2, 0.25) is 0 Å². The molecule has 1 aliphatic heterocycles. The summed E-state index contributed by atoms with van der Waals surface area (Å²) in [5.41, 5.74) is 1.77. The molecule has 1 heterocycles.